The molecule has 0 heterocycles. The Hall–Kier alpha value is -0.920. The summed E-state index contributed by atoms with van der Waals surface area (Å²) in [5, 5.41) is 1.67. The molecule has 0 aliphatic carbocycles. The molecule has 0 aliphatic heterocycles. The lowest BCUT2D eigenvalue weighted by atomic mass is 10.2. The van der Waals surface area contributed by atoms with Crippen LogP contribution in [0.4, 0.5) is 13.2 Å². The molecule has 8 heteroatoms. The van der Waals surface area contributed by atoms with Gasteiger partial charge in [-0.1, -0.05) is 13.3 Å². The Morgan fingerprint density at radius 2 is 2.00 bits per heavy atom. The number of unbranched alkanes of at least 4 members (excludes halogenated alkanes) is 1. The van der Waals surface area contributed by atoms with Gasteiger partial charge >= 0.3 is 18.1 Å². The van der Waals surface area contributed by atoms with Crippen LogP contribution >= 0.6 is 11.8 Å². The van der Waals surface area contributed by atoms with Gasteiger partial charge in [-0.25, -0.2) is 4.79 Å². The fourth-order valence-electron chi connectivity index (χ4n) is 1.14. The monoisotopic (exact) mass is 301 g/mol. The largest absolute Gasteiger partial charge is 0.471 e. The highest BCUT2D eigenvalue weighted by Crippen LogP contribution is 2.15. The van der Waals surface area contributed by atoms with E-state index in [4.69, 9.17) is 4.74 Å². The number of nitrogens with one attached hydrogen (secondary N) is 1. The summed E-state index contributed by atoms with van der Waals surface area (Å²) in [5.41, 5.74) is 0. The van der Waals surface area contributed by atoms with Crippen molar-refractivity contribution in [2.45, 2.75) is 38.4 Å². The Morgan fingerprint density at radius 1 is 1.37 bits per heavy atom. The molecule has 0 rings (SSSR count). The van der Waals surface area contributed by atoms with Gasteiger partial charge in [0.15, 0.2) is 0 Å². The summed E-state index contributed by atoms with van der Waals surface area (Å²) in [6, 6.07) is -1.25. The Labute approximate surface area is 114 Å². The number of carbonyl (C=O) groups is 2. The lowest BCUT2D eigenvalue weighted by Gasteiger charge is -2.18. The van der Waals surface area contributed by atoms with E-state index in [9.17, 15) is 22.8 Å². The average Bonchev–Trinajstić information content (AvgIpc) is 2.33. The predicted molar refractivity (Wildman–Crippen MR) is 66.9 cm³/mol. The van der Waals surface area contributed by atoms with Crippen molar-refractivity contribution < 1.29 is 27.5 Å². The summed E-state index contributed by atoms with van der Waals surface area (Å²) in [5.74, 6) is -2.49. The molecule has 0 radical (unpaired) electrons. The topological polar surface area (TPSA) is 55.4 Å². The van der Waals surface area contributed by atoms with Gasteiger partial charge in [0.2, 0.25) is 0 Å². The van der Waals surface area contributed by atoms with E-state index < -0.39 is 24.1 Å². The second-order valence-corrected chi connectivity index (χ2v) is 4.81. The van der Waals surface area contributed by atoms with Crippen LogP contribution in [0, 0.1) is 0 Å². The number of esters is 1. The van der Waals surface area contributed by atoms with E-state index in [1.54, 1.807) is 11.6 Å². The number of amides is 1. The predicted octanol–water partition coefficient (Wildman–Crippen LogP) is 2.13. The van der Waals surface area contributed by atoms with E-state index in [2.05, 4.69) is 0 Å². The van der Waals surface area contributed by atoms with Crippen LogP contribution in [0.1, 0.15) is 26.2 Å². The van der Waals surface area contributed by atoms with Crippen LogP contribution in [0.3, 0.4) is 0 Å². The Kier molecular flexibility index (Phi) is 8.62. The summed E-state index contributed by atoms with van der Waals surface area (Å²) in [6.45, 7) is 2.04. The van der Waals surface area contributed by atoms with Crippen molar-refractivity contribution in [1.29, 1.82) is 0 Å². The number of hydrogen-bond donors (Lipinski definition) is 1. The zero-order valence-corrected chi connectivity index (χ0v) is 11.7. The fraction of sp³-hybridized carbons (Fsp3) is 0.818. The van der Waals surface area contributed by atoms with E-state index in [0.29, 0.717) is 12.2 Å². The van der Waals surface area contributed by atoms with Crippen molar-refractivity contribution in [1.82, 2.24) is 5.32 Å². The minimum absolute atomic E-state index is 0.105. The summed E-state index contributed by atoms with van der Waals surface area (Å²) < 4.78 is 41.2. The van der Waals surface area contributed by atoms with Crippen LogP contribution in [0.5, 0.6) is 0 Å². The first-order valence-corrected chi connectivity index (χ1v) is 7.25. The van der Waals surface area contributed by atoms with Gasteiger partial charge in [0.1, 0.15) is 6.04 Å². The normalized spacial score (nSPS) is 12.9. The van der Waals surface area contributed by atoms with Crippen LogP contribution in [0.2, 0.25) is 0 Å². The van der Waals surface area contributed by atoms with Gasteiger partial charge in [-0.15, -0.1) is 0 Å². The van der Waals surface area contributed by atoms with Gasteiger partial charge in [0, 0.05) is 0 Å². The highest BCUT2D eigenvalue weighted by Gasteiger charge is 2.40. The lowest BCUT2D eigenvalue weighted by Crippen LogP contribution is -2.47. The molecule has 0 aliphatic rings. The van der Waals surface area contributed by atoms with Crippen LogP contribution in [-0.2, 0) is 14.3 Å². The highest BCUT2D eigenvalue weighted by molar-refractivity contribution is 7.98. The van der Waals surface area contributed by atoms with E-state index in [0.717, 1.165) is 6.42 Å². The third kappa shape index (κ3) is 7.97. The molecule has 1 N–H and O–H groups in total. The molecule has 0 spiro atoms. The first kappa shape index (κ1) is 18.1. The van der Waals surface area contributed by atoms with E-state index in [1.165, 1.54) is 11.8 Å². The number of hydrogen-bond acceptors (Lipinski definition) is 4. The Morgan fingerprint density at radius 3 is 2.47 bits per heavy atom. The molecule has 112 valence electrons. The second-order valence-electron chi connectivity index (χ2n) is 3.83. The van der Waals surface area contributed by atoms with Crippen molar-refractivity contribution in [3.63, 3.8) is 0 Å². The Bertz CT molecular complexity index is 297. The van der Waals surface area contributed by atoms with Crippen LogP contribution in [0.15, 0.2) is 0 Å². The van der Waals surface area contributed by atoms with Crippen LogP contribution in [-0.4, -0.2) is 42.7 Å². The summed E-state index contributed by atoms with van der Waals surface area (Å²) in [4.78, 5) is 22.4. The zero-order chi connectivity index (χ0) is 14.9. The zero-order valence-electron chi connectivity index (χ0n) is 10.9. The number of ether oxygens (including phenoxy) is 1. The number of rotatable bonds is 8. The molecule has 0 fully saturated rings. The second kappa shape index (κ2) is 9.06. The molecule has 0 aromatic rings. The average molecular weight is 301 g/mol. The standard InChI is InChI=1S/C11H18F3NO3S/c1-3-4-6-18-9(16)8(5-7-19-2)15-10(17)11(12,13)14/h8H,3-7H2,1-2H3,(H,15,17). The smallest absolute Gasteiger partial charge is 0.464 e. The SMILES string of the molecule is CCCCOC(=O)C(CCSC)NC(=O)C(F)(F)F. The number of carbonyl (C=O) groups excluding carboxylic acids is 2. The number of thioether (sulfide) groups is 1. The lowest BCUT2D eigenvalue weighted by molar-refractivity contribution is -0.176. The fourth-order valence-corrected chi connectivity index (χ4v) is 1.61. The van der Waals surface area contributed by atoms with Gasteiger partial charge < -0.3 is 10.1 Å². The molecule has 0 bridgehead atoms. The van der Waals surface area contributed by atoms with Crippen molar-refractivity contribution >= 4 is 23.6 Å². The quantitative estimate of drug-likeness (QED) is 0.551. The van der Waals surface area contributed by atoms with Crippen molar-refractivity contribution in [3.8, 4) is 0 Å². The molecule has 0 saturated carbocycles. The van der Waals surface area contributed by atoms with Gasteiger partial charge in [-0.05, 0) is 24.9 Å². The van der Waals surface area contributed by atoms with Gasteiger partial charge in [-0.3, -0.25) is 4.79 Å². The number of halogens is 3. The molecule has 0 aromatic carbocycles. The molecule has 19 heavy (non-hydrogen) atoms. The Balaban J connectivity index is 4.44. The first-order chi connectivity index (χ1) is 8.82. The summed E-state index contributed by atoms with van der Waals surface area (Å²) in [6.07, 6.45) is -1.70. The van der Waals surface area contributed by atoms with Crippen LogP contribution in [0.25, 0.3) is 0 Å². The van der Waals surface area contributed by atoms with E-state index in [-0.39, 0.29) is 13.0 Å². The van der Waals surface area contributed by atoms with Gasteiger partial charge in [-0.2, -0.15) is 24.9 Å². The molecule has 1 unspecified atom stereocenters. The molecule has 0 aromatic heterocycles. The maximum Gasteiger partial charge on any atom is 0.471 e. The van der Waals surface area contributed by atoms with Crippen molar-refractivity contribution in [2.24, 2.45) is 0 Å². The van der Waals surface area contributed by atoms with Crippen LogP contribution < -0.4 is 5.32 Å². The maximum atomic E-state index is 12.1. The third-order valence-electron chi connectivity index (χ3n) is 2.20. The molecular weight excluding hydrogens is 283 g/mol. The minimum atomic E-state index is -5.00. The first-order valence-electron chi connectivity index (χ1n) is 5.86. The summed E-state index contributed by atoms with van der Waals surface area (Å²) >= 11 is 1.37. The van der Waals surface area contributed by atoms with Gasteiger partial charge in [0.05, 0.1) is 6.61 Å². The van der Waals surface area contributed by atoms with E-state index >= 15 is 0 Å². The molecule has 1 amide bonds. The molecule has 4 nitrogen and oxygen atoms in total. The molecule has 1 atom stereocenters. The van der Waals surface area contributed by atoms with E-state index in [1.807, 2.05) is 6.92 Å². The molecule has 0 saturated heterocycles. The maximum absolute atomic E-state index is 12.1. The third-order valence-corrected chi connectivity index (χ3v) is 2.84. The minimum Gasteiger partial charge on any atom is -0.464 e. The number of alkyl halides is 3. The van der Waals surface area contributed by atoms with Crippen molar-refractivity contribution in [2.75, 3.05) is 18.6 Å². The highest BCUT2D eigenvalue weighted by atomic mass is 32.2. The summed E-state index contributed by atoms with van der Waals surface area (Å²) in [7, 11) is 0. The van der Waals surface area contributed by atoms with Gasteiger partial charge in [0.25, 0.3) is 0 Å². The molecular formula is C11H18F3NO3S. The van der Waals surface area contributed by atoms with Crippen molar-refractivity contribution in [3.05, 3.63) is 0 Å².